The summed E-state index contributed by atoms with van der Waals surface area (Å²) in [4.78, 5) is 0. The van der Waals surface area contributed by atoms with Crippen LogP contribution < -0.4 is 5.73 Å². The first kappa shape index (κ1) is 11.4. The van der Waals surface area contributed by atoms with E-state index in [-0.39, 0.29) is 0 Å². The van der Waals surface area contributed by atoms with E-state index >= 15 is 0 Å². The quantitative estimate of drug-likeness (QED) is 0.686. The van der Waals surface area contributed by atoms with Crippen molar-refractivity contribution in [2.24, 2.45) is 0 Å². The van der Waals surface area contributed by atoms with Gasteiger partial charge in [-0.1, -0.05) is 41.4 Å². The maximum Gasteiger partial charge on any atom is 0.103 e. The molecule has 0 radical (unpaired) electrons. The maximum atomic E-state index is 6.20. The van der Waals surface area contributed by atoms with Gasteiger partial charge in [-0.15, -0.1) is 0 Å². The third kappa shape index (κ3) is 1.72. The number of nitrogen functional groups attached to an aromatic ring is 1. The summed E-state index contributed by atoms with van der Waals surface area (Å²) >= 11 is 12.4. The lowest BCUT2D eigenvalue weighted by Gasteiger charge is -2.09. The summed E-state index contributed by atoms with van der Waals surface area (Å²) in [5, 5.41) is 6.31. The molecule has 0 bridgehead atoms. The molecule has 0 aliphatic heterocycles. The number of rotatable bonds is 1. The minimum Gasteiger partial charge on any atom is -0.399 e. The summed E-state index contributed by atoms with van der Waals surface area (Å²) in [7, 11) is 0. The fourth-order valence-electron chi connectivity index (χ4n) is 1.94. The summed E-state index contributed by atoms with van der Waals surface area (Å²) in [6, 6.07) is 11.2. The fourth-order valence-corrected chi connectivity index (χ4v) is 2.60. The average Bonchev–Trinajstić information content (AvgIpc) is 2.72. The smallest absolute Gasteiger partial charge is 0.103 e. The number of anilines is 1. The maximum absolute atomic E-state index is 6.20. The minimum absolute atomic E-state index is 0.480. The zero-order valence-electron chi connectivity index (χ0n) is 9.27. The normalized spacial score (nSPS) is 11.0. The van der Waals surface area contributed by atoms with Crippen molar-refractivity contribution >= 4 is 39.8 Å². The lowest BCUT2D eigenvalue weighted by Crippen LogP contribution is -1.99. The molecule has 0 atom stereocenters. The van der Waals surface area contributed by atoms with Crippen LogP contribution in [0.3, 0.4) is 0 Å². The summed E-state index contributed by atoms with van der Waals surface area (Å²) < 4.78 is 1.72. The van der Waals surface area contributed by atoms with Gasteiger partial charge in [0, 0.05) is 11.1 Å². The Labute approximate surface area is 114 Å². The lowest BCUT2D eigenvalue weighted by atomic mass is 10.2. The van der Waals surface area contributed by atoms with Crippen LogP contribution in [0, 0.1) is 0 Å². The Hall–Kier alpha value is -1.71. The molecule has 1 heterocycles. The molecule has 0 aliphatic carbocycles. The zero-order valence-corrected chi connectivity index (χ0v) is 10.8. The summed E-state index contributed by atoms with van der Waals surface area (Å²) in [6.07, 6.45) is 1.78. The number of nitrogens with two attached hydrogens (primary N) is 1. The van der Waals surface area contributed by atoms with Crippen LogP contribution in [-0.2, 0) is 0 Å². The molecule has 90 valence electrons. The standard InChI is InChI=1S/C13H9Cl2N3/c14-10-5-9(16)6-11(15)13(10)18-12-4-2-1-3-8(12)7-17-18/h1-7H,16H2. The van der Waals surface area contributed by atoms with E-state index in [2.05, 4.69) is 5.10 Å². The molecule has 5 heteroatoms. The van der Waals surface area contributed by atoms with Crippen molar-refractivity contribution < 1.29 is 0 Å². The SMILES string of the molecule is Nc1cc(Cl)c(-n2ncc3ccccc32)c(Cl)c1. The average molecular weight is 278 g/mol. The predicted molar refractivity (Wildman–Crippen MR) is 75.5 cm³/mol. The second kappa shape index (κ2) is 4.19. The summed E-state index contributed by atoms with van der Waals surface area (Å²) in [6.45, 7) is 0. The topological polar surface area (TPSA) is 43.8 Å². The molecular weight excluding hydrogens is 269 g/mol. The first-order valence-electron chi connectivity index (χ1n) is 5.34. The van der Waals surface area contributed by atoms with Gasteiger partial charge in [-0.2, -0.15) is 5.10 Å². The van der Waals surface area contributed by atoms with Crippen LogP contribution in [0.4, 0.5) is 5.69 Å². The first-order chi connectivity index (χ1) is 8.66. The van der Waals surface area contributed by atoms with Crippen LogP contribution in [-0.4, -0.2) is 9.78 Å². The zero-order chi connectivity index (χ0) is 12.7. The van der Waals surface area contributed by atoms with Crippen molar-refractivity contribution in [3.63, 3.8) is 0 Å². The number of nitrogens with zero attached hydrogens (tertiary/aromatic N) is 2. The van der Waals surface area contributed by atoms with E-state index in [1.165, 1.54) is 0 Å². The van der Waals surface area contributed by atoms with Crippen LogP contribution in [0.2, 0.25) is 10.0 Å². The van der Waals surface area contributed by atoms with E-state index in [0.29, 0.717) is 21.4 Å². The van der Waals surface area contributed by atoms with Gasteiger partial charge in [0.2, 0.25) is 0 Å². The van der Waals surface area contributed by atoms with Gasteiger partial charge in [0.05, 0.1) is 21.8 Å². The fraction of sp³-hybridized carbons (Fsp3) is 0. The van der Waals surface area contributed by atoms with Crippen molar-refractivity contribution in [3.05, 3.63) is 52.6 Å². The van der Waals surface area contributed by atoms with E-state index in [0.717, 1.165) is 10.9 Å². The van der Waals surface area contributed by atoms with E-state index in [1.807, 2.05) is 24.3 Å². The number of halogens is 2. The van der Waals surface area contributed by atoms with E-state index in [9.17, 15) is 0 Å². The van der Waals surface area contributed by atoms with Gasteiger partial charge in [-0.05, 0) is 18.2 Å². The van der Waals surface area contributed by atoms with Gasteiger partial charge in [-0.25, -0.2) is 4.68 Å². The van der Waals surface area contributed by atoms with Crippen molar-refractivity contribution in [1.82, 2.24) is 9.78 Å². The molecule has 3 nitrogen and oxygen atoms in total. The molecule has 2 N–H and O–H groups in total. The van der Waals surface area contributed by atoms with Gasteiger partial charge in [-0.3, -0.25) is 0 Å². The Morgan fingerprint density at radius 1 is 1.06 bits per heavy atom. The minimum atomic E-state index is 0.480. The number of fused-ring (bicyclic) bond motifs is 1. The molecule has 3 aromatic rings. The first-order valence-corrected chi connectivity index (χ1v) is 6.10. The number of hydrogen-bond donors (Lipinski definition) is 1. The highest BCUT2D eigenvalue weighted by atomic mass is 35.5. The number of benzene rings is 2. The number of aromatic nitrogens is 2. The van der Waals surface area contributed by atoms with E-state index in [4.69, 9.17) is 28.9 Å². The number of hydrogen-bond acceptors (Lipinski definition) is 2. The molecule has 0 spiro atoms. The Morgan fingerprint density at radius 2 is 1.72 bits per heavy atom. The van der Waals surface area contributed by atoms with Gasteiger partial charge in [0.1, 0.15) is 5.69 Å². The molecular formula is C13H9Cl2N3. The van der Waals surface area contributed by atoms with Gasteiger partial charge in [0.15, 0.2) is 0 Å². The van der Waals surface area contributed by atoms with Crippen molar-refractivity contribution in [2.75, 3.05) is 5.73 Å². The molecule has 0 unspecified atom stereocenters. The Kier molecular flexibility index (Phi) is 2.65. The Bertz CT molecular complexity index is 711. The highest BCUT2D eigenvalue weighted by Crippen LogP contribution is 2.32. The molecule has 0 aliphatic rings. The van der Waals surface area contributed by atoms with Crippen molar-refractivity contribution in [3.8, 4) is 5.69 Å². The van der Waals surface area contributed by atoms with Crippen molar-refractivity contribution in [1.29, 1.82) is 0 Å². The molecule has 2 aromatic carbocycles. The molecule has 0 amide bonds. The largest absolute Gasteiger partial charge is 0.399 e. The number of para-hydroxylation sites is 1. The Balaban J connectivity index is 2.33. The monoisotopic (exact) mass is 277 g/mol. The van der Waals surface area contributed by atoms with E-state index in [1.54, 1.807) is 23.0 Å². The van der Waals surface area contributed by atoms with Gasteiger partial charge >= 0.3 is 0 Å². The molecule has 1 aromatic heterocycles. The van der Waals surface area contributed by atoms with Crippen molar-refractivity contribution in [2.45, 2.75) is 0 Å². The van der Waals surface area contributed by atoms with Crippen LogP contribution >= 0.6 is 23.2 Å². The third-order valence-corrected chi connectivity index (χ3v) is 3.30. The third-order valence-electron chi connectivity index (χ3n) is 2.73. The predicted octanol–water partition coefficient (Wildman–Crippen LogP) is 3.91. The Morgan fingerprint density at radius 3 is 2.44 bits per heavy atom. The lowest BCUT2D eigenvalue weighted by molar-refractivity contribution is 0.911. The molecule has 0 saturated heterocycles. The van der Waals surface area contributed by atoms with Crippen LogP contribution in [0.15, 0.2) is 42.6 Å². The van der Waals surface area contributed by atoms with Crippen LogP contribution in [0.1, 0.15) is 0 Å². The second-order valence-electron chi connectivity index (χ2n) is 3.95. The van der Waals surface area contributed by atoms with E-state index < -0.39 is 0 Å². The second-order valence-corrected chi connectivity index (χ2v) is 4.76. The molecule has 0 saturated carbocycles. The highest BCUT2D eigenvalue weighted by molar-refractivity contribution is 6.38. The van der Waals surface area contributed by atoms with Crippen LogP contribution in [0.5, 0.6) is 0 Å². The molecule has 0 fully saturated rings. The molecule has 18 heavy (non-hydrogen) atoms. The summed E-state index contributed by atoms with van der Waals surface area (Å²) in [5.41, 5.74) is 7.83. The molecule has 3 rings (SSSR count). The van der Waals surface area contributed by atoms with Crippen LogP contribution in [0.25, 0.3) is 16.6 Å². The summed E-state index contributed by atoms with van der Waals surface area (Å²) in [5.74, 6) is 0. The van der Waals surface area contributed by atoms with Gasteiger partial charge in [0.25, 0.3) is 0 Å². The highest BCUT2D eigenvalue weighted by Gasteiger charge is 2.12. The van der Waals surface area contributed by atoms with Gasteiger partial charge < -0.3 is 5.73 Å².